The number of hydrogen-bond donors (Lipinski definition) is 1. The third kappa shape index (κ3) is 3.37. The van der Waals surface area contributed by atoms with Gasteiger partial charge in [0.25, 0.3) is 0 Å². The molecule has 0 unspecified atom stereocenters. The largest absolute Gasteiger partial charge is 0.310 e. The predicted molar refractivity (Wildman–Crippen MR) is 114 cm³/mol. The number of nitrogens with one attached hydrogen (secondary N) is 1. The Bertz CT molecular complexity index is 1190. The molecule has 0 bridgehead atoms. The van der Waals surface area contributed by atoms with Crippen molar-refractivity contribution < 1.29 is 4.79 Å². The second-order valence-electron chi connectivity index (χ2n) is 7.46. The van der Waals surface area contributed by atoms with Crippen molar-refractivity contribution in [1.29, 1.82) is 0 Å². The lowest BCUT2D eigenvalue weighted by molar-refractivity contribution is -0.113. The van der Waals surface area contributed by atoms with Crippen LogP contribution in [0.5, 0.6) is 0 Å². The standard InChI is InChI=1S/C21H22N6OS/c1-14-12-19-24-25-21(26(19)17-9-5-4-8-16(14)17)29-13-20(28)23-18-10-11-22-27(18)15-6-2-3-7-15/h4-5,8-12,15H,2-3,6-7,13H2,1H3,(H,23,28). The summed E-state index contributed by atoms with van der Waals surface area (Å²) in [5, 5.41) is 17.9. The first-order valence-corrected chi connectivity index (χ1v) is 10.9. The number of benzene rings is 1. The molecule has 0 aliphatic heterocycles. The molecule has 29 heavy (non-hydrogen) atoms. The van der Waals surface area contributed by atoms with Crippen LogP contribution in [0.3, 0.4) is 0 Å². The Balaban J connectivity index is 1.34. The first kappa shape index (κ1) is 18.2. The van der Waals surface area contributed by atoms with Gasteiger partial charge in [0.15, 0.2) is 10.8 Å². The molecule has 8 heteroatoms. The molecule has 5 rings (SSSR count). The number of aryl methyl sites for hydroxylation is 1. The Labute approximate surface area is 172 Å². The van der Waals surface area contributed by atoms with Crippen LogP contribution in [-0.2, 0) is 4.79 Å². The molecule has 7 nitrogen and oxygen atoms in total. The molecule has 1 fully saturated rings. The highest BCUT2D eigenvalue weighted by molar-refractivity contribution is 7.99. The van der Waals surface area contributed by atoms with Gasteiger partial charge in [0.2, 0.25) is 5.91 Å². The third-order valence-electron chi connectivity index (χ3n) is 5.51. The van der Waals surface area contributed by atoms with Gasteiger partial charge in [0, 0.05) is 11.5 Å². The monoisotopic (exact) mass is 406 g/mol. The van der Waals surface area contributed by atoms with Crippen LogP contribution in [0.2, 0.25) is 0 Å². The number of hydrogen-bond acceptors (Lipinski definition) is 5. The number of nitrogens with zero attached hydrogens (tertiary/aromatic N) is 5. The molecule has 0 spiro atoms. The number of carbonyl (C=O) groups is 1. The Morgan fingerprint density at radius 1 is 1.21 bits per heavy atom. The maximum atomic E-state index is 12.6. The van der Waals surface area contributed by atoms with Gasteiger partial charge in [-0.1, -0.05) is 42.8 Å². The minimum absolute atomic E-state index is 0.0667. The molecule has 0 saturated heterocycles. The average molecular weight is 407 g/mol. The van der Waals surface area contributed by atoms with Crippen molar-refractivity contribution in [3.8, 4) is 0 Å². The van der Waals surface area contributed by atoms with Gasteiger partial charge in [-0.15, -0.1) is 10.2 Å². The minimum atomic E-state index is -0.0667. The highest BCUT2D eigenvalue weighted by Crippen LogP contribution is 2.31. The number of aromatic nitrogens is 5. The summed E-state index contributed by atoms with van der Waals surface area (Å²) < 4.78 is 3.97. The Morgan fingerprint density at radius 2 is 2.03 bits per heavy atom. The Morgan fingerprint density at radius 3 is 2.90 bits per heavy atom. The van der Waals surface area contributed by atoms with Crippen LogP contribution in [0.4, 0.5) is 5.82 Å². The molecule has 1 saturated carbocycles. The molecule has 148 valence electrons. The van der Waals surface area contributed by atoms with Crippen LogP contribution in [-0.4, -0.2) is 36.0 Å². The topological polar surface area (TPSA) is 77.1 Å². The lowest BCUT2D eigenvalue weighted by atomic mass is 10.1. The van der Waals surface area contributed by atoms with E-state index in [1.54, 1.807) is 6.20 Å². The van der Waals surface area contributed by atoms with E-state index in [0.717, 1.165) is 45.9 Å². The molecule has 0 atom stereocenters. The van der Waals surface area contributed by atoms with Gasteiger partial charge in [-0.2, -0.15) is 5.10 Å². The van der Waals surface area contributed by atoms with E-state index < -0.39 is 0 Å². The fraction of sp³-hybridized carbons (Fsp3) is 0.333. The number of fused-ring (bicyclic) bond motifs is 3. The highest BCUT2D eigenvalue weighted by Gasteiger charge is 2.21. The van der Waals surface area contributed by atoms with Gasteiger partial charge in [-0.3, -0.25) is 9.20 Å². The van der Waals surface area contributed by atoms with Gasteiger partial charge in [0.05, 0.1) is 23.5 Å². The number of para-hydroxylation sites is 1. The van der Waals surface area contributed by atoms with E-state index in [4.69, 9.17) is 0 Å². The second-order valence-corrected chi connectivity index (χ2v) is 8.40. The van der Waals surface area contributed by atoms with E-state index in [9.17, 15) is 4.79 Å². The summed E-state index contributed by atoms with van der Waals surface area (Å²) in [5.74, 6) is 0.969. The SMILES string of the molecule is Cc1cc2nnc(SCC(=O)Nc3ccnn3C3CCCC3)n2c2ccccc12. The van der Waals surface area contributed by atoms with E-state index in [0.29, 0.717) is 6.04 Å². The number of thioether (sulfide) groups is 1. The summed E-state index contributed by atoms with van der Waals surface area (Å²) in [4.78, 5) is 12.6. The summed E-state index contributed by atoms with van der Waals surface area (Å²) in [5.41, 5.74) is 3.01. The van der Waals surface area contributed by atoms with Crippen LogP contribution >= 0.6 is 11.8 Å². The average Bonchev–Trinajstić information content (AvgIpc) is 3.47. The van der Waals surface area contributed by atoms with Gasteiger partial charge in [-0.25, -0.2) is 4.68 Å². The quantitative estimate of drug-likeness (QED) is 0.502. The summed E-state index contributed by atoms with van der Waals surface area (Å²) >= 11 is 1.39. The van der Waals surface area contributed by atoms with Crippen molar-refractivity contribution in [3.63, 3.8) is 0 Å². The van der Waals surface area contributed by atoms with Crippen molar-refractivity contribution >= 4 is 40.0 Å². The first-order valence-electron chi connectivity index (χ1n) is 9.90. The van der Waals surface area contributed by atoms with Crippen LogP contribution < -0.4 is 5.32 Å². The molecule has 0 radical (unpaired) electrons. The van der Waals surface area contributed by atoms with Gasteiger partial charge >= 0.3 is 0 Å². The molecule has 4 aromatic rings. The molecular weight excluding hydrogens is 384 g/mol. The van der Waals surface area contributed by atoms with Crippen molar-refractivity contribution in [2.24, 2.45) is 0 Å². The van der Waals surface area contributed by atoms with E-state index in [1.807, 2.05) is 33.3 Å². The van der Waals surface area contributed by atoms with E-state index in [2.05, 4.69) is 39.7 Å². The molecular formula is C21H22N6OS. The van der Waals surface area contributed by atoms with E-state index in [-0.39, 0.29) is 11.7 Å². The van der Waals surface area contributed by atoms with Crippen LogP contribution in [0.15, 0.2) is 47.8 Å². The molecule has 1 aliphatic rings. The van der Waals surface area contributed by atoms with Crippen LogP contribution in [0, 0.1) is 6.92 Å². The minimum Gasteiger partial charge on any atom is -0.310 e. The lowest BCUT2D eigenvalue weighted by Gasteiger charge is -2.14. The third-order valence-corrected chi connectivity index (χ3v) is 6.44. The second kappa shape index (κ2) is 7.51. The molecule has 1 aromatic carbocycles. The fourth-order valence-electron chi connectivity index (χ4n) is 4.13. The summed E-state index contributed by atoms with van der Waals surface area (Å²) in [7, 11) is 0. The number of rotatable bonds is 5. The highest BCUT2D eigenvalue weighted by atomic mass is 32.2. The Hall–Kier alpha value is -2.87. The Kier molecular flexibility index (Phi) is 4.71. The number of pyridine rings is 1. The van der Waals surface area contributed by atoms with Gasteiger partial charge in [0.1, 0.15) is 5.82 Å². The fourth-order valence-corrected chi connectivity index (χ4v) is 4.88. The number of carbonyl (C=O) groups excluding carboxylic acids is 1. The van der Waals surface area contributed by atoms with Crippen LogP contribution in [0.1, 0.15) is 37.3 Å². The number of anilines is 1. The zero-order valence-corrected chi connectivity index (χ0v) is 17.0. The van der Waals surface area contributed by atoms with Crippen molar-refractivity contribution in [2.75, 3.05) is 11.1 Å². The lowest BCUT2D eigenvalue weighted by Crippen LogP contribution is -2.19. The zero-order valence-electron chi connectivity index (χ0n) is 16.2. The smallest absolute Gasteiger partial charge is 0.235 e. The molecule has 1 aliphatic carbocycles. The molecule has 3 heterocycles. The van der Waals surface area contributed by atoms with Crippen molar-refractivity contribution in [3.05, 3.63) is 48.2 Å². The van der Waals surface area contributed by atoms with Gasteiger partial charge in [-0.05, 0) is 37.5 Å². The predicted octanol–water partition coefficient (Wildman–Crippen LogP) is 4.23. The number of amides is 1. The zero-order chi connectivity index (χ0) is 19.8. The van der Waals surface area contributed by atoms with E-state index >= 15 is 0 Å². The maximum absolute atomic E-state index is 12.6. The van der Waals surface area contributed by atoms with Gasteiger partial charge < -0.3 is 5.32 Å². The summed E-state index contributed by atoms with van der Waals surface area (Å²) in [6.07, 6.45) is 6.44. The van der Waals surface area contributed by atoms with Crippen molar-refractivity contribution in [1.82, 2.24) is 24.4 Å². The van der Waals surface area contributed by atoms with Crippen LogP contribution in [0.25, 0.3) is 16.6 Å². The molecule has 3 aromatic heterocycles. The summed E-state index contributed by atoms with van der Waals surface area (Å²) in [6, 6.07) is 12.5. The van der Waals surface area contributed by atoms with E-state index in [1.165, 1.54) is 24.6 Å². The normalized spacial score (nSPS) is 14.8. The van der Waals surface area contributed by atoms with Crippen molar-refractivity contribution in [2.45, 2.75) is 43.8 Å². The molecule has 1 N–H and O–H groups in total. The molecule has 1 amide bonds. The summed E-state index contributed by atoms with van der Waals surface area (Å²) in [6.45, 7) is 2.07. The maximum Gasteiger partial charge on any atom is 0.235 e. The first-order chi connectivity index (χ1) is 14.2.